The highest BCUT2D eigenvalue weighted by molar-refractivity contribution is 7.09. The molecule has 0 amide bonds. The largest absolute Gasteiger partial charge is 0.435 e. The van der Waals surface area contributed by atoms with Crippen molar-refractivity contribution in [3.8, 4) is 5.75 Å². The van der Waals surface area contributed by atoms with Crippen molar-refractivity contribution in [2.45, 2.75) is 39.0 Å². The first-order chi connectivity index (χ1) is 10.0. The molecule has 5 heteroatoms. The zero-order chi connectivity index (χ0) is 15.2. The summed E-state index contributed by atoms with van der Waals surface area (Å²) in [7, 11) is 0. The molecule has 114 valence electrons. The van der Waals surface area contributed by atoms with Crippen molar-refractivity contribution < 1.29 is 13.5 Å². The van der Waals surface area contributed by atoms with Gasteiger partial charge < -0.3 is 10.1 Å². The van der Waals surface area contributed by atoms with E-state index < -0.39 is 6.61 Å². The maximum absolute atomic E-state index is 12.2. The van der Waals surface area contributed by atoms with Gasteiger partial charge in [-0.2, -0.15) is 8.78 Å². The molecule has 2 unspecified atom stereocenters. The molecule has 0 bridgehead atoms. The first kappa shape index (κ1) is 15.9. The fraction of sp³-hybridized carbons (Fsp3) is 0.375. The summed E-state index contributed by atoms with van der Waals surface area (Å²) in [6.07, 6.45) is 0.954. The third-order valence-electron chi connectivity index (χ3n) is 3.21. The SMILES string of the molecule is CC(Cc1cccs1)NC(C)c1cccc(OC(F)F)c1. The smallest absolute Gasteiger partial charge is 0.387 e. The van der Waals surface area contributed by atoms with Crippen LogP contribution in [0.4, 0.5) is 8.78 Å². The molecule has 1 aromatic carbocycles. The molecule has 1 heterocycles. The number of alkyl halides is 2. The van der Waals surface area contributed by atoms with Crippen molar-refractivity contribution in [3.63, 3.8) is 0 Å². The Morgan fingerprint density at radius 1 is 1.19 bits per heavy atom. The van der Waals surface area contributed by atoms with Crippen LogP contribution in [0.3, 0.4) is 0 Å². The fourth-order valence-corrected chi connectivity index (χ4v) is 3.11. The summed E-state index contributed by atoms with van der Waals surface area (Å²) < 4.78 is 28.9. The molecule has 0 spiro atoms. The van der Waals surface area contributed by atoms with Gasteiger partial charge in [0.25, 0.3) is 0 Å². The van der Waals surface area contributed by atoms with Crippen molar-refractivity contribution in [2.75, 3.05) is 0 Å². The minimum Gasteiger partial charge on any atom is -0.435 e. The third kappa shape index (κ3) is 5.10. The monoisotopic (exact) mass is 311 g/mol. The minimum atomic E-state index is -2.79. The Hall–Kier alpha value is -1.46. The molecule has 2 rings (SSSR count). The molecule has 0 saturated carbocycles. The van der Waals surface area contributed by atoms with Crippen molar-refractivity contribution in [1.82, 2.24) is 5.32 Å². The number of hydrogen-bond donors (Lipinski definition) is 1. The number of halogens is 2. The Balaban J connectivity index is 1.94. The second-order valence-electron chi connectivity index (χ2n) is 5.02. The number of nitrogens with one attached hydrogen (secondary N) is 1. The molecule has 0 radical (unpaired) electrons. The molecule has 0 aliphatic heterocycles. The van der Waals surface area contributed by atoms with Crippen LogP contribution < -0.4 is 10.1 Å². The molecule has 2 atom stereocenters. The van der Waals surface area contributed by atoms with E-state index >= 15 is 0 Å². The topological polar surface area (TPSA) is 21.3 Å². The van der Waals surface area contributed by atoms with Crippen LogP contribution in [0, 0.1) is 0 Å². The molecule has 0 saturated heterocycles. The van der Waals surface area contributed by atoms with E-state index in [0.717, 1.165) is 12.0 Å². The van der Waals surface area contributed by atoms with Crippen molar-refractivity contribution >= 4 is 11.3 Å². The number of benzene rings is 1. The molecular formula is C16H19F2NOS. The van der Waals surface area contributed by atoms with Gasteiger partial charge in [-0.1, -0.05) is 18.2 Å². The van der Waals surface area contributed by atoms with Gasteiger partial charge in [-0.3, -0.25) is 0 Å². The Kier molecular flexibility index (Phi) is 5.70. The molecule has 1 aromatic heterocycles. The zero-order valence-electron chi connectivity index (χ0n) is 12.1. The molecule has 1 N–H and O–H groups in total. The van der Waals surface area contributed by atoms with Gasteiger partial charge in [-0.05, 0) is 49.4 Å². The van der Waals surface area contributed by atoms with E-state index in [-0.39, 0.29) is 11.8 Å². The summed E-state index contributed by atoms with van der Waals surface area (Å²) in [5, 5.41) is 5.54. The summed E-state index contributed by atoms with van der Waals surface area (Å²) in [5.74, 6) is 0.196. The predicted octanol–water partition coefficient (Wildman–Crippen LogP) is 4.63. The van der Waals surface area contributed by atoms with Crippen molar-refractivity contribution in [2.24, 2.45) is 0 Å². The van der Waals surface area contributed by atoms with E-state index in [2.05, 4.69) is 28.4 Å². The highest BCUT2D eigenvalue weighted by Gasteiger charge is 2.12. The van der Waals surface area contributed by atoms with Crippen LogP contribution in [-0.4, -0.2) is 12.7 Å². The van der Waals surface area contributed by atoms with Gasteiger partial charge >= 0.3 is 6.61 Å². The molecule has 21 heavy (non-hydrogen) atoms. The Morgan fingerprint density at radius 2 is 2.00 bits per heavy atom. The fourth-order valence-electron chi connectivity index (χ4n) is 2.27. The second kappa shape index (κ2) is 7.52. The van der Waals surface area contributed by atoms with Gasteiger partial charge in [0.15, 0.2) is 0 Å². The summed E-state index contributed by atoms with van der Waals surface area (Å²) in [6, 6.07) is 11.4. The van der Waals surface area contributed by atoms with Crippen molar-refractivity contribution in [3.05, 3.63) is 52.2 Å². The first-order valence-corrected chi connectivity index (χ1v) is 7.75. The highest BCUT2D eigenvalue weighted by atomic mass is 32.1. The average Bonchev–Trinajstić information content (AvgIpc) is 2.90. The predicted molar refractivity (Wildman–Crippen MR) is 82.1 cm³/mol. The molecule has 0 aliphatic rings. The molecule has 0 fully saturated rings. The van der Waals surface area contributed by atoms with Gasteiger partial charge in [0.2, 0.25) is 0 Å². The van der Waals surface area contributed by atoms with Crippen LogP contribution in [0.25, 0.3) is 0 Å². The lowest BCUT2D eigenvalue weighted by molar-refractivity contribution is -0.0499. The molecule has 0 aliphatic carbocycles. The summed E-state index contributed by atoms with van der Waals surface area (Å²) >= 11 is 1.74. The Bertz CT molecular complexity index is 545. The molecular weight excluding hydrogens is 292 g/mol. The molecule has 2 nitrogen and oxygen atoms in total. The van der Waals surface area contributed by atoms with Crippen molar-refractivity contribution in [1.29, 1.82) is 0 Å². The standard InChI is InChI=1S/C16H19F2NOS/c1-11(9-15-7-4-8-21-15)19-12(2)13-5-3-6-14(10-13)20-16(17)18/h3-8,10-12,16,19H,9H2,1-2H3. The van der Waals surface area contributed by atoms with E-state index in [4.69, 9.17) is 0 Å². The maximum Gasteiger partial charge on any atom is 0.387 e. The lowest BCUT2D eigenvalue weighted by atomic mass is 10.1. The van der Waals surface area contributed by atoms with Gasteiger partial charge in [-0.25, -0.2) is 0 Å². The Morgan fingerprint density at radius 3 is 2.67 bits per heavy atom. The van der Waals surface area contributed by atoms with Gasteiger partial charge in [0, 0.05) is 17.0 Å². The van der Waals surface area contributed by atoms with Crippen LogP contribution in [0.1, 0.15) is 30.3 Å². The lowest BCUT2D eigenvalue weighted by Gasteiger charge is -2.20. The van der Waals surface area contributed by atoms with Gasteiger partial charge in [0.1, 0.15) is 5.75 Å². The number of hydrogen-bond acceptors (Lipinski definition) is 3. The Labute approximate surface area is 127 Å². The normalized spacial score (nSPS) is 14.1. The summed E-state index contributed by atoms with van der Waals surface area (Å²) in [6.45, 7) is 1.35. The lowest BCUT2D eigenvalue weighted by Crippen LogP contribution is -2.30. The first-order valence-electron chi connectivity index (χ1n) is 6.88. The van der Waals surface area contributed by atoms with E-state index in [1.165, 1.54) is 10.9 Å². The van der Waals surface area contributed by atoms with Crippen LogP contribution in [0.5, 0.6) is 5.75 Å². The van der Waals surface area contributed by atoms with Crippen LogP contribution in [0.2, 0.25) is 0 Å². The number of rotatable bonds is 7. The number of thiophene rings is 1. The average molecular weight is 311 g/mol. The highest BCUT2D eigenvalue weighted by Crippen LogP contribution is 2.21. The van der Waals surface area contributed by atoms with Crippen LogP contribution >= 0.6 is 11.3 Å². The minimum absolute atomic E-state index is 0.0705. The van der Waals surface area contributed by atoms with E-state index in [9.17, 15) is 8.78 Å². The number of ether oxygens (including phenoxy) is 1. The summed E-state index contributed by atoms with van der Waals surface area (Å²) in [4.78, 5) is 1.33. The third-order valence-corrected chi connectivity index (χ3v) is 4.10. The van der Waals surface area contributed by atoms with Crippen LogP contribution in [-0.2, 0) is 6.42 Å². The van der Waals surface area contributed by atoms with Gasteiger partial charge in [0.05, 0.1) is 0 Å². The van der Waals surface area contributed by atoms with E-state index in [1.54, 1.807) is 23.5 Å². The molecule has 2 aromatic rings. The quantitative estimate of drug-likeness (QED) is 0.805. The summed E-state index contributed by atoms with van der Waals surface area (Å²) in [5.41, 5.74) is 0.936. The zero-order valence-corrected chi connectivity index (χ0v) is 12.9. The van der Waals surface area contributed by atoms with E-state index in [0.29, 0.717) is 6.04 Å². The maximum atomic E-state index is 12.2. The van der Waals surface area contributed by atoms with E-state index in [1.807, 2.05) is 19.1 Å². The van der Waals surface area contributed by atoms with Crippen LogP contribution in [0.15, 0.2) is 41.8 Å². The van der Waals surface area contributed by atoms with Gasteiger partial charge in [-0.15, -0.1) is 11.3 Å². The second-order valence-corrected chi connectivity index (χ2v) is 6.06.